The number of rotatable bonds is 3. The van der Waals surface area contributed by atoms with E-state index in [4.69, 9.17) is 5.73 Å². The smallest absolute Gasteiger partial charge is 0.0360 e. The van der Waals surface area contributed by atoms with Crippen LogP contribution in [0, 0.1) is 0 Å². The van der Waals surface area contributed by atoms with Crippen molar-refractivity contribution >= 4 is 0 Å². The van der Waals surface area contributed by atoms with Crippen molar-refractivity contribution in [2.75, 3.05) is 19.6 Å². The number of hydrogen-bond acceptors (Lipinski definition) is 2. The molecular formula is C11H16N2. The molecule has 1 fully saturated rings. The number of likely N-dealkylation sites (tertiary alicyclic amines) is 1. The Morgan fingerprint density at radius 1 is 1.31 bits per heavy atom. The van der Waals surface area contributed by atoms with E-state index in [-0.39, 0.29) is 0 Å². The van der Waals surface area contributed by atoms with Gasteiger partial charge in [0, 0.05) is 25.7 Å². The van der Waals surface area contributed by atoms with Crippen LogP contribution in [0.1, 0.15) is 18.0 Å². The molecule has 1 heterocycles. The van der Waals surface area contributed by atoms with Crippen LogP contribution in [0.5, 0.6) is 0 Å². The third-order valence-corrected chi connectivity index (χ3v) is 2.73. The van der Waals surface area contributed by atoms with Crippen molar-refractivity contribution in [1.82, 2.24) is 4.90 Å². The van der Waals surface area contributed by atoms with Gasteiger partial charge in [-0.25, -0.2) is 0 Å². The molecular weight excluding hydrogens is 160 g/mol. The topological polar surface area (TPSA) is 29.3 Å². The summed E-state index contributed by atoms with van der Waals surface area (Å²) in [5.74, 6) is 0. The average molecular weight is 176 g/mol. The monoisotopic (exact) mass is 176 g/mol. The number of benzene rings is 1. The fourth-order valence-corrected chi connectivity index (χ4v) is 1.93. The second-order valence-electron chi connectivity index (χ2n) is 3.54. The largest absolute Gasteiger partial charge is 0.329 e. The van der Waals surface area contributed by atoms with Gasteiger partial charge < -0.3 is 5.73 Å². The van der Waals surface area contributed by atoms with E-state index in [9.17, 15) is 0 Å². The van der Waals surface area contributed by atoms with Crippen LogP contribution in [0.3, 0.4) is 0 Å². The van der Waals surface area contributed by atoms with Gasteiger partial charge in [-0.1, -0.05) is 30.3 Å². The molecule has 1 aliphatic heterocycles. The summed E-state index contributed by atoms with van der Waals surface area (Å²) >= 11 is 0. The van der Waals surface area contributed by atoms with Crippen molar-refractivity contribution in [2.24, 2.45) is 5.73 Å². The molecule has 0 amide bonds. The molecule has 1 atom stereocenters. The second kappa shape index (κ2) is 3.90. The molecule has 0 radical (unpaired) electrons. The van der Waals surface area contributed by atoms with Gasteiger partial charge in [0.2, 0.25) is 0 Å². The number of nitrogens with two attached hydrogens (primary N) is 1. The van der Waals surface area contributed by atoms with Gasteiger partial charge in [0.25, 0.3) is 0 Å². The van der Waals surface area contributed by atoms with Gasteiger partial charge in [-0.15, -0.1) is 0 Å². The van der Waals surface area contributed by atoms with Crippen LogP contribution in [-0.2, 0) is 0 Å². The lowest BCUT2D eigenvalue weighted by atomic mass is 9.95. The zero-order valence-electron chi connectivity index (χ0n) is 7.82. The highest BCUT2D eigenvalue weighted by Crippen LogP contribution is 2.31. The second-order valence-corrected chi connectivity index (χ2v) is 3.54. The summed E-state index contributed by atoms with van der Waals surface area (Å²) in [4.78, 5) is 2.44. The number of nitrogens with zero attached hydrogens (tertiary/aromatic N) is 1. The van der Waals surface area contributed by atoms with E-state index in [1.54, 1.807) is 0 Å². The first-order chi connectivity index (χ1) is 6.42. The Hall–Kier alpha value is -0.860. The molecule has 70 valence electrons. The molecule has 2 nitrogen and oxygen atoms in total. The minimum absolute atomic E-state index is 0.629. The summed E-state index contributed by atoms with van der Waals surface area (Å²) in [5.41, 5.74) is 6.97. The van der Waals surface area contributed by atoms with Crippen molar-refractivity contribution in [3.8, 4) is 0 Å². The van der Waals surface area contributed by atoms with Crippen molar-refractivity contribution in [3.05, 3.63) is 35.9 Å². The fourth-order valence-electron chi connectivity index (χ4n) is 1.93. The fraction of sp³-hybridized carbons (Fsp3) is 0.455. The standard InChI is InChI=1S/C11H16N2/c12-7-9-13-8-6-11(13)10-4-2-1-3-5-10/h1-5,11H,6-9,12H2. The molecule has 1 aromatic rings. The molecule has 13 heavy (non-hydrogen) atoms. The van der Waals surface area contributed by atoms with Gasteiger partial charge >= 0.3 is 0 Å². The van der Waals surface area contributed by atoms with Crippen molar-refractivity contribution in [2.45, 2.75) is 12.5 Å². The molecule has 1 aliphatic rings. The van der Waals surface area contributed by atoms with Gasteiger partial charge in [0.15, 0.2) is 0 Å². The zero-order valence-corrected chi connectivity index (χ0v) is 7.82. The van der Waals surface area contributed by atoms with E-state index in [1.807, 2.05) is 0 Å². The zero-order chi connectivity index (χ0) is 9.10. The maximum atomic E-state index is 5.54. The van der Waals surface area contributed by atoms with Crippen LogP contribution < -0.4 is 5.73 Å². The normalized spacial score (nSPS) is 22.7. The Morgan fingerprint density at radius 2 is 2.08 bits per heavy atom. The summed E-state index contributed by atoms with van der Waals surface area (Å²) in [7, 11) is 0. The van der Waals surface area contributed by atoms with Crippen LogP contribution in [0.2, 0.25) is 0 Å². The minimum atomic E-state index is 0.629. The van der Waals surface area contributed by atoms with Gasteiger partial charge in [-0.2, -0.15) is 0 Å². The quantitative estimate of drug-likeness (QED) is 0.754. The van der Waals surface area contributed by atoms with E-state index >= 15 is 0 Å². The highest BCUT2D eigenvalue weighted by Gasteiger charge is 2.27. The predicted molar refractivity (Wildman–Crippen MR) is 54.4 cm³/mol. The molecule has 0 aromatic heterocycles. The Morgan fingerprint density at radius 3 is 2.62 bits per heavy atom. The third-order valence-electron chi connectivity index (χ3n) is 2.73. The summed E-state index contributed by atoms with van der Waals surface area (Å²) in [6.45, 7) is 3.00. The molecule has 0 saturated carbocycles. The van der Waals surface area contributed by atoms with E-state index in [0.717, 1.165) is 13.1 Å². The van der Waals surface area contributed by atoms with E-state index < -0.39 is 0 Å². The van der Waals surface area contributed by atoms with Crippen LogP contribution >= 0.6 is 0 Å². The maximum Gasteiger partial charge on any atom is 0.0360 e. The van der Waals surface area contributed by atoms with Crippen molar-refractivity contribution < 1.29 is 0 Å². The average Bonchev–Trinajstić information content (AvgIpc) is 2.14. The molecule has 0 spiro atoms. The molecule has 2 rings (SSSR count). The van der Waals surface area contributed by atoms with Gasteiger partial charge in [-0.3, -0.25) is 4.90 Å². The Labute approximate surface area is 79.4 Å². The van der Waals surface area contributed by atoms with Crippen molar-refractivity contribution in [1.29, 1.82) is 0 Å². The Balaban J connectivity index is 2.02. The van der Waals surface area contributed by atoms with Crippen LogP contribution in [-0.4, -0.2) is 24.5 Å². The summed E-state index contributed by atoms with van der Waals surface area (Å²) < 4.78 is 0. The van der Waals surface area contributed by atoms with E-state index in [1.165, 1.54) is 18.5 Å². The molecule has 0 bridgehead atoms. The molecule has 2 N–H and O–H groups in total. The van der Waals surface area contributed by atoms with Gasteiger partial charge in [-0.05, 0) is 12.0 Å². The molecule has 0 aliphatic carbocycles. The first kappa shape index (κ1) is 8.73. The molecule has 1 unspecified atom stereocenters. The summed E-state index contributed by atoms with van der Waals surface area (Å²) in [6, 6.07) is 11.3. The van der Waals surface area contributed by atoms with Crippen molar-refractivity contribution in [3.63, 3.8) is 0 Å². The third kappa shape index (κ3) is 1.74. The summed E-state index contributed by atoms with van der Waals surface area (Å²) in [6.07, 6.45) is 1.28. The Bertz CT molecular complexity index is 258. The highest BCUT2D eigenvalue weighted by molar-refractivity contribution is 5.20. The van der Waals surface area contributed by atoms with E-state index in [2.05, 4.69) is 35.2 Å². The minimum Gasteiger partial charge on any atom is -0.329 e. The predicted octanol–water partition coefficient (Wildman–Crippen LogP) is 1.39. The number of hydrogen-bond donors (Lipinski definition) is 1. The van der Waals surface area contributed by atoms with Gasteiger partial charge in [0.05, 0.1) is 0 Å². The highest BCUT2D eigenvalue weighted by atomic mass is 15.2. The lowest BCUT2D eigenvalue weighted by Gasteiger charge is -2.41. The SMILES string of the molecule is NCCN1CCC1c1ccccc1. The lowest BCUT2D eigenvalue weighted by molar-refractivity contribution is 0.0951. The molecule has 1 aromatic carbocycles. The molecule has 1 saturated heterocycles. The van der Waals surface area contributed by atoms with Crippen LogP contribution in [0.25, 0.3) is 0 Å². The van der Waals surface area contributed by atoms with E-state index in [0.29, 0.717) is 6.04 Å². The Kier molecular flexibility index (Phi) is 2.62. The summed E-state index contributed by atoms with van der Waals surface area (Å²) in [5, 5.41) is 0. The first-order valence-corrected chi connectivity index (χ1v) is 4.91. The van der Waals surface area contributed by atoms with Crippen LogP contribution in [0.15, 0.2) is 30.3 Å². The van der Waals surface area contributed by atoms with Crippen LogP contribution in [0.4, 0.5) is 0 Å². The maximum absolute atomic E-state index is 5.54. The van der Waals surface area contributed by atoms with Gasteiger partial charge in [0.1, 0.15) is 0 Å². The molecule has 2 heteroatoms. The first-order valence-electron chi connectivity index (χ1n) is 4.91. The lowest BCUT2D eigenvalue weighted by Crippen LogP contribution is -2.43.